The molecule has 1 fully saturated rings. The third kappa shape index (κ3) is 5.49. The molecule has 2 aliphatic heterocycles. The number of halogens is 1. The van der Waals surface area contributed by atoms with Crippen LogP contribution < -0.4 is 25.8 Å². The minimum atomic E-state index is -0.367. The van der Waals surface area contributed by atoms with Crippen LogP contribution in [0.4, 0.5) is 11.4 Å². The summed E-state index contributed by atoms with van der Waals surface area (Å²) in [5, 5.41) is 3.90. The van der Waals surface area contributed by atoms with Gasteiger partial charge in [-0.05, 0) is 60.7 Å². The quantitative estimate of drug-likeness (QED) is 0.461. The monoisotopic (exact) mass is 507 g/mol. The molecule has 0 aliphatic carbocycles. The van der Waals surface area contributed by atoms with Gasteiger partial charge in [0.1, 0.15) is 17.7 Å². The first-order chi connectivity index (χ1) is 17.1. The third-order valence-corrected chi connectivity index (χ3v) is 6.67. The van der Waals surface area contributed by atoms with Gasteiger partial charge in [0.25, 0.3) is 0 Å². The minimum absolute atomic E-state index is 0.0817. The van der Waals surface area contributed by atoms with Gasteiger partial charge in [0.2, 0.25) is 11.8 Å². The predicted molar refractivity (Wildman–Crippen MR) is 139 cm³/mol. The molecule has 0 saturated carbocycles. The highest BCUT2D eigenvalue weighted by Crippen LogP contribution is 2.30. The summed E-state index contributed by atoms with van der Waals surface area (Å²) >= 11 is 7.23. The zero-order valence-corrected chi connectivity index (χ0v) is 20.1. The Hall–Kier alpha value is -3.37. The molecule has 10 heteroatoms. The number of hydrogen-bond acceptors (Lipinski definition) is 7. The number of ether oxygens (including phenoxy) is 1. The van der Waals surface area contributed by atoms with Gasteiger partial charge >= 0.3 is 0 Å². The number of fused-ring (bicyclic) bond motifs is 1. The number of benzene rings is 3. The Morgan fingerprint density at radius 1 is 1.06 bits per heavy atom. The van der Waals surface area contributed by atoms with Crippen LogP contribution in [0, 0.1) is 5.92 Å². The van der Waals surface area contributed by atoms with Crippen LogP contribution in [-0.4, -0.2) is 35.4 Å². The molecule has 3 N–H and O–H groups in total. The lowest BCUT2D eigenvalue weighted by molar-refractivity contribution is -0.121. The van der Waals surface area contributed by atoms with Crippen molar-refractivity contribution in [2.24, 2.45) is 10.9 Å². The molecular formula is C25H22ClN5O3S. The van der Waals surface area contributed by atoms with Crippen LogP contribution in [0.5, 0.6) is 11.5 Å². The van der Waals surface area contributed by atoms with E-state index in [1.165, 1.54) is 11.8 Å². The lowest BCUT2D eigenvalue weighted by atomic mass is 10.0. The first-order valence-electron chi connectivity index (χ1n) is 11.0. The number of hydrazine groups is 1. The summed E-state index contributed by atoms with van der Waals surface area (Å²) in [5.41, 5.74) is 7.31. The highest BCUT2D eigenvalue weighted by atomic mass is 35.5. The van der Waals surface area contributed by atoms with Crippen LogP contribution in [-0.2, 0) is 9.59 Å². The van der Waals surface area contributed by atoms with Crippen LogP contribution in [0.1, 0.15) is 0 Å². The van der Waals surface area contributed by atoms with E-state index >= 15 is 0 Å². The van der Waals surface area contributed by atoms with Crippen molar-refractivity contribution < 1.29 is 14.3 Å². The molecule has 5 rings (SSSR count). The van der Waals surface area contributed by atoms with E-state index in [1.807, 2.05) is 30.3 Å². The number of amides is 2. The fourth-order valence-corrected chi connectivity index (χ4v) is 4.73. The molecular weight excluding hydrogens is 486 g/mol. The van der Waals surface area contributed by atoms with E-state index in [9.17, 15) is 9.59 Å². The molecule has 2 aliphatic rings. The molecule has 2 heterocycles. The summed E-state index contributed by atoms with van der Waals surface area (Å²) in [5.74, 6) is 0.885. The van der Waals surface area contributed by atoms with Crippen molar-refractivity contribution in [2.45, 2.75) is 6.17 Å². The molecule has 35 heavy (non-hydrogen) atoms. The van der Waals surface area contributed by atoms with Gasteiger partial charge in [-0.15, -0.1) is 0 Å². The number of para-hydroxylation sites is 1. The van der Waals surface area contributed by atoms with E-state index in [-0.39, 0.29) is 29.7 Å². The highest BCUT2D eigenvalue weighted by molar-refractivity contribution is 8.14. The summed E-state index contributed by atoms with van der Waals surface area (Å²) in [6.07, 6.45) is -0.367. The lowest BCUT2D eigenvalue weighted by Crippen LogP contribution is -2.49. The summed E-state index contributed by atoms with van der Waals surface area (Å²) in [6, 6.07) is 23.6. The van der Waals surface area contributed by atoms with Crippen molar-refractivity contribution in [3.63, 3.8) is 0 Å². The normalized spacial score (nSPS) is 19.2. The first kappa shape index (κ1) is 23.4. The van der Waals surface area contributed by atoms with Crippen LogP contribution in [0.15, 0.2) is 83.9 Å². The topological polar surface area (TPSA) is 95.1 Å². The van der Waals surface area contributed by atoms with Crippen molar-refractivity contribution >= 4 is 51.7 Å². The van der Waals surface area contributed by atoms with Gasteiger partial charge in [-0.2, -0.15) is 0 Å². The first-order valence-corrected chi connectivity index (χ1v) is 12.3. The summed E-state index contributed by atoms with van der Waals surface area (Å²) in [4.78, 5) is 32.1. The number of carbonyl (C=O) groups excluding carboxylic acids is 2. The number of nitrogens with zero attached hydrogens (tertiary/aromatic N) is 2. The highest BCUT2D eigenvalue weighted by Gasteiger charge is 2.42. The number of anilines is 2. The van der Waals surface area contributed by atoms with E-state index in [1.54, 1.807) is 53.4 Å². The number of nitrogens with one attached hydrogen (secondary N) is 3. The molecule has 2 atom stereocenters. The van der Waals surface area contributed by atoms with Crippen LogP contribution in [0.3, 0.4) is 0 Å². The fraction of sp³-hybridized carbons (Fsp3) is 0.160. The smallest absolute Gasteiger partial charge is 0.241 e. The third-order valence-electron chi connectivity index (χ3n) is 5.47. The number of hydrogen-bond donors (Lipinski definition) is 3. The maximum Gasteiger partial charge on any atom is 0.241 e. The molecule has 0 aromatic heterocycles. The average molecular weight is 508 g/mol. The second kappa shape index (κ2) is 10.5. The van der Waals surface area contributed by atoms with Gasteiger partial charge in [0, 0.05) is 17.3 Å². The largest absolute Gasteiger partial charge is 0.457 e. The van der Waals surface area contributed by atoms with Crippen LogP contribution >= 0.6 is 23.4 Å². The Labute approximate surface area is 211 Å². The molecule has 3 aromatic rings. The molecule has 2 amide bonds. The summed E-state index contributed by atoms with van der Waals surface area (Å²) in [6.45, 7) is 0.486. The van der Waals surface area contributed by atoms with Gasteiger partial charge in [-0.25, -0.2) is 10.4 Å². The number of amidine groups is 1. The molecule has 3 aromatic carbocycles. The van der Waals surface area contributed by atoms with Crippen molar-refractivity contribution in [3.8, 4) is 11.5 Å². The minimum Gasteiger partial charge on any atom is -0.457 e. The maximum absolute atomic E-state index is 13.2. The fourth-order valence-electron chi connectivity index (χ4n) is 3.75. The second-order valence-electron chi connectivity index (χ2n) is 7.91. The van der Waals surface area contributed by atoms with E-state index in [0.717, 1.165) is 5.75 Å². The van der Waals surface area contributed by atoms with E-state index in [2.05, 4.69) is 21.2 Å². The Morgan fingerprint density at radius 2 is 1.77 bits per heavy atom. The van der Waals surface area contributed by atoms with Crippen molar-refractivity contribution in [3.05, 3.63) is 83.9 Å². The Kier molecular flexibility index (Phi) is 7.01. The second-order valence-corrected chi connectivity index (χ2v) is 9.29. The number of thioether (sulfide) groups is 1. The van der Waals surface area contributed by atoms with Gasteiger partial charge in [0.15, 0.2) is 5.17 Å². The Morgan fingerprint density at radius 3 is 2.51 bits per heavy atom. The van der Waals surface area contributed by atoms with Gasteiger partial charge in [0.05, 0.1) is 17.4 Å². The van der Waals surface area contributed by atoms with Crippen LogP contribution in [0.25, 0.3) is 0 Å². The average Bonchev–Trinajstić information content (AvgIpc) is 3.35. The van der Waals surface area contributed by atoms with Crippen molar-refractivity contribution in [1.29, 1.82) is 0 Å². The molecule has 1 saturated heterocycles. The summed E-state index contributed by atoms with van der Waals surface area (Å²) < 4.78 is 5.78. The molecule has 2 unspecified atom stereocenters. The van der Waals surface area contributed by atoms with Gasteiger partial charge in [-0.3, -0.25) is 19.9 Å². The molecule has 0 spiro atoms. The zero-order chi connectivity index (χ0) is 24.2. The lowest BCUT2D eigenvalue weighted by Gasteiger charge is -2.32. The predicted octanol–water partition coefficient (Wildman–Crippen LogP) is 4.26. The molecule has 178 valence electrons. The number of rotatable bonds is 6. The van der Waals surface area contributed by atoms with Crippen molar-refractivity contribution in [1.82, 2.24) is 10.9 Å². The zero-order valence-electron chi connectivity index (χ0n) is 18.5. The van der Waals surface area contributed by atoms with Gasteiger partial charge < -0.3 is 10.1 Å². The number of aliphatic imine (C=N–C) groups is 1. The van der Waals surface area contributed by atoms with Crippen LogP contribution in [0.2, 0.25) is 5.02 Å². The number of carbonyl (C=O) groups is 2. The Balaban J connectivity index is 1.23. The molecule has 8 nitrogen and oxygen atoms in total. The SMILES string of the molecule is O=C(CSC1=NC2NNCC2C(=O)N1c1ccc(Cl)cc1)Nc1ccc(Oc2ccccc2)cc1. The van der Waals surface area contributed by atoms with E-state index in [0.29, 0.717) is 33.9 Å². The maximum atomic E-state index is 13.2. The van der Waals surface area contributed by atoms with Crippen molar-refractivity contribution in [2.75, 3.05) is 22.5 Å². The standard InChI is InChI=1S/C25H22ClN5O3S/c26-16-6-10-18(11-7-16)31-24(33)21-14-27-30-23(21)29-25(31)35-15-22(32)28-17-8-12-20(13-9-17)34-19-4-2-1-3-5-19/h1-13,21,23,27,30H,14-15H2,(H,28,32). The molecule has 0 bridgehead atoms. The van der Waals surface area contributed by atoms with E-state index < -0.39 is 0 Å². The Bertz CT molecular complexity index is 1240. The molecule has 0 radical (unpaired) electrons. The van der Waals surface area contributed by atoms with E-state index in [4.69, 9.17) is 16.3 Å². The van der Waals surface area contributed by atoms with Gasteiger partial charge in [-0.1, -0.05) is 41.6 Å². The summed E-state index contributed by atoms with van der Waals surface area (Å²) in [7, 11) is 0.